The fourth-order valence-electron chi connectivity index (χ4n) is 2.49. The zero-order chi connectivity index (χ0) is 16.6. The molecule has 1 heterocycles. The van der Waals surface area contributed by atoms with Crippen LogP contribution in [0.15, 0.2) is 59.4 Å². The maximum Gasteiger partial charge on any atom is 0.285 e. The normalized spacial score (nSPS) is 10.7. The molecular weight excluding hydrogens is 409 g/mol. The number of rotatable bonds is 3. The molecule has 0 saturated heterocycles. The SMILES string of the molecule is Cn1c(-c2ccc([N+](=O)[O-])cc2)c(I)c(=O)n1-c1ccccc1. The summed E-state index contributed by atoms with van der Waals surface area (Å²) in [5, 5.41) is 10.8. The van der Waals surface area contributed by atoms with Gasteiger partial charge in [-0.25, -0.2) is 4.68 Å². The lowest BCUT2D eigenvalue weighted by atomic mass is 10.1. The predicted octanol–water partition coefficient (Wildman–Crippen LogP) is 3.36. The minimum atomic E-state index is -0.442. The second-order valence-corrected chi connectivity index (χ2v) is 6.02. The molecule has 0 N–H and O–H groups in total. The molecule has 6 nitrogen and oxygen atoms in total. The Morgan fingerprint density at radius 2 is 1.65 bits per heavy atom. The van der Waals surface area contributed by atoms with E-state index < -0.39 is 4.92 Å². The van der Waals surface area contributed by atoms with Crippen LogP contribution in [0, 0.1) is 13.7 Å². The van der Waals surface area contributed by atoms with Crippen molar-refractivity contribution in [3.63, 3.8) is 0 Å². The first-order chi connectivity index (χ1) is 11.0. The van der Waals surface area contributed by atoms with Gasteiger partial charge in [0.05, 0.1) is 16.3 Å². The molecule has 116 valence electrons. The van der Waals surface area contributed by atoms with E-state index in [9.17, 15) is 14.9 Å². The van der Waals surface area contributed by atoms with Gasteiger partial charge in [0.25, 0.3) is 11.2 Å². The van der Waals surface area contributed by atoms with E-state index in [0.29, 0.717) is 3.57 Å². The van der Waals surface area contributed by atoms with Gasteiger partial charge in [-0.3, -0.25) is 19.6 Å². The van der Waals surface area contributed by atoms with Gasteiger partial charge in [0.2, 0.25) is 0 Å². The number of hydrogen-bond acceptors (Lipinski definition) is 3. The first kappa shape index (κ1) is 15.5. The summed E-state index contributed by atoms with van der Waals surface area (Å²) in [6, 6.07) is 15.5. The van der Waals surface area contributed by atoms with Crippen LogP contribution < -0.4 is 5.56 Å². The first-order valence-electron chi connectivity index (χ1n) is 6.78. The number of nitro benzene ring substituents is 1. The van der Waals surface area contributed by atoms with Gasteiger partial charge >= 0.3 is 0 Å². The fourth-order valence-corrected chi connectivity index (χ4v) is 3.38. The molecule has 1 aromatic heterocycles. The lowest BCUT2D eigenvalue weighted by Gasteiger charge is -2.10. The van der Waals surface area contributed by atoms with Crippen LogP contribution in [0.1, 0.15) is 0 Å². The number of aromatic nitrogens is 2. The van der Waals surface area contributed by atoms with E-state index in [-0.39, 0.29) is 11.2 Å². The maximum atomic E-state index is 12.6. The zero-order valence-electron chi connectivity index (χ0n) is 12.1. The Kier molecular flexibility index (Phi) is 4.03. The number of nitro groups is 1. The molecule has 2 aromatic carbocycles. The molecule has 3 aromatic rings. The highest BCUT2D eigenvalue weighted by Crippen LogP contribution is 2.26. The Hall–Kier alpha value is -2.42. The number of para-hydroxylation sites is 1. The lowest BCUT2D eigenvalue weighted by molar-refractivity contribution is -0.384. The highest BCUT2D eigenvalue weighted by Gasteiger charge is 2.18. The first-order valence-corrected chi connectivity index (χ1v) is 7.86. The third-order valence-corrected chi connectivity index (χ3v) is 4.54. The largest absolute Gasteiger partial charge is 0.285 e. The number of non-ortho nitro benzene ring substituents is 1. The van der Waals surface area contributed by atoms with Crippen LogP contribution in [0.4, 0.5) is 5.69 Å². The highest BCUT2D eigenvalue weighted by molar-refractivity contribution is 14.1. The fraction of sp³-hybridized carbons (Fsp3) is 0.0625. The number of nitrogens with zero attached hydrogens (tertiary/aromatic N) is 3. The van der Waals surface area contributed by atoms with E-state index in [1.54, 1.807) is 28.5 Å². The smallest absolute Gasteiger partial charge is 0.279 e. The number of halogens is 1. The van der Waals surface area contributed by atoms with Gasteiger partial charge in [-0.2, -0.15) is 0 Å². The zero-order valence-corrected chi connectivity index (χ0v) is 14.3. The molecular formula is C16H12IN3O3. The maximum absolute atomic E-state index is 12.6. The van der Waals surface area contributed by atoms with Crippen molar-refractivity contribution in [3.05, 3.63) is 78.6 Å². The van der Waals surface area contributed by atoms with Crippen molar-refractivity contribution in [1.29, 1.82) is 0 Å². The molecule has 0 radical (unpaired) electrons. The molecule has 0 unspecified atom stereocenters. The Labute approximate surface area is 145 Å². The minimum absolute atomic E-state index is 0.0243. The van der Waals surface area contributed by atoms with Crippen molar-refractivity contribution >= 4 is 28.3 Å². The molecule has 0 aliphatic rings. The summed E-state index contributed by atoms with van der Waals surface area (Å²) in [7, 11) is 1.80. The molecule has 0 saturated carbocycles. The molecule has 3 rings (SSSR count). The van der Waals surface area contributed by atoms with Gasteiger partial charge in [-0.1, -0.05) is 18.2 Å². The number of hydrogen-bond donors (Lipinski definition) is 0. The van der Waals surface area contributed by atoms with Gasteiger partial charge in [-0.15, -0.1) is 0 Å². The third-order valence-electron chi connectivity index (χ3n) is 3.56. The van der Waals surface area contributed by atoms with Gasteiger partial charge < -0.3 is 0 Å². The summed E-state index contributed by atoms with van der Waals surface area (Å²) >= 11 is 2.02. The predicted molar refractivity (Wildman–Crippen MR) is 95.8 cm³/mol. The second kappa shape index (κ2) is 5.99. The number of benzene rings is 2. The quantitative estimate of drug-likeness (QED) is 0.370. The molecule has 0 spiro atoms. The van der Waals surface area contributed by atoms with Gasteiger partial charge in [0, 0.05) is 24.7 Å². The van der Waals surface area contributed by atoms with Crippen molar-refractivity contribution in [2.45, 2.75) is 0 Å². The van der Waals surface area contributed by atoms with Crippen LogP contribution in [0.3, 0.4) is 0 Å². The summed E-state index contributed by atoms with van der Waals surface area (Å²) in [5.74, 6) is 0. The van der Waals surface area contributed by atoms with Crippen LogP contribution in [-0.2, 0) is 7.05 Å². The Balaban J connectivity index is 2.18. The summed E-state index contributed by atoms with van der Waals surface area (Å²) in [6.07, 6.45) is 0. The Bertz CT molecular complexity index is 928. The Morgan fingerprint density at radius 1 is 1.04 bits per heavy atom. The third kappa shape index (κ3) is 2.67. The molecule has 7 heteroatoms. The van der Waals surface area contributed by atoms with Crippen LogP contribution in [0.2, 0.25) is 0 Å². The molecule has 0 aliphatic heterocycles. The molecule has 23 heavy (non-hydrogen) atoms. The van der Waals surface area contributed by atoms with Crippen molar-refractivity contribution in [3.8, 4) is 16.9 Å². The molecule has 0 aliphatic carbocycles. The molecule has 0 bridgehead atoms. The van der Waals surface area contributed by atoms with E-state index in [2.05, 4.69) is 0 Å². The summed E-state index contributed by atoms with van der Waals surface area (Å²) in [6.45, 7) is 0. The van der Waals surface area contributed by atoms with Gasteiger partial charge in [-0.05, 0) is 46.9 Å². The molecule has 0 amide bonds. The second-order valence-electron chi connectivity index (χ2n) is 4.94. The summed E-state index contributed by atoms with van der Waals surface area (Å²) in [5.41, 5.74) is 2.17. The van der Waals surface area contributed by atoms with E-state index in [4.69, 9.17) is 0 Å². The summed E-state index contributed by atoms with van der Waals surface area (Å²) in [4.78, 5) is 22.9. The Morgan fingerprint density at radius 3 is 2.22 bits per heavy atom. The topological polar surface area (TPSA) is 70.1 Å². The summed E-state index contributed by atoms with van der Waals surface area (Å²) < 4.78 is 3.92. The van der Waals surface area contributed by atoms with E-state index >= 15 is 0 Å². The monoisotopic (exact) mass is 421 g/mol. The van der Waals surface area contributed by atoms with E-state index in [1.807, 2.05) is 52.9 Å². The van der Waals surface area contributed by atoms with Gasteiger partial charge in [0.15, 0.2) is 0 Å². The van der Waals surface area contributed by atoms with Crippen LogP contribution in [0.5, 0.6) is 0 Å². The lowest BCUT2D eigenvalue weighted by Crippen LogP contribution is -2.20. The van der Waals surface area contributed by atoms with Crippen LogP contribution >= 0.6 is 22.6 Å². The van der Waals surface area contributed by atoms with Crippen molar-refractivity contribution in [1.82, 2.24) is 9.36 Å². The van der Waals surface area contributed by atoms with Crippen molar-refractivity contribution in [2.75, 3.05) is 0 Å². The molecule has 0 atom stereocenters. The average molecular weight is 421 g/mol. The van der Waals surface area contributed by atoms with E-state index in [0.717, 1.165) is 16.9 Å². The van der Waals surface area contributed by atoms with Crippen molar-refractivity contribution in [2.24, 2.45) is 7.05 Å². The van der Waals surface area contributed by atoms with E-state index in [1.165, 1.54) is 12.1 Å². The van der Waals surface area contributed by atoms with Crippen molar-refractivity contribution < 1.29 is 4.92 Å². The molecule has 0 fully saturated rings. The standard InChI is InChI=1S/C16H12IN3O3/c1-18-15(11-7-9-13(10-8-11)20(22)23)14(17)16(21)19(18)12-5-3-2-4-6-12/h2-10H,1H3. The van der Waals surface area contributed by atoms with Crippen LogP contribution in [0.25, 0.3) is 16.9 Å². The highest BCUT2D eigenvalue weighted by atomic mass is 127. The van der Waals surface area contributed by atoms with Crippen LogP contribution in [-0.4, -0.2) is 14.3 Å². The average Bonchev–Trinajstić information content (AvgIpc) is 2.78. The minimum Gasteiger partial charge on any atom is -0.279 e. The van der Waals surface area contributed by atoms with Gasteiger partial charge in [0.1, 0.15) is 3.57 Å².